The zero-order chi connectivity index (χ0) is 12.4. The molecule has 1 atom stereocenters. The molecule has 18 heavy (non-hydrogen) atoms. The van der Waals surface area contributed by atoms with E-state index in [2.05, 4.69) is 5.32 Å². The molecule has 0 saturated carbocycles. The molecule has 0 bridgehead atoms. The van der Waals surface area contributed by atoms with Gasteiger partial charge in [-0.1, -0.05) is 18.2 Å². The van der Waals surface area contributed by atoms with Gasteiger partial charge in [0, 0.05) is 13.0 Å². The van der Waals surface area contributed by atoms with E-state index < -0.39 is 5.54 Å². The fourth-order valence-electron chi connectivity index (χ4n) is 2.51. The summed E-state index contributed by atoms with van der Waals surface area (Å²) in [6.45, 7) is 1.33. The van der Waals surface area contributed by atoms with Crippen molar-refractivity contribution in [3.63, 3.8) is 0 Å². The molecule has 1 unspecified atom stereocenters. The summed E-state index contributed by atoms with van der Waals surface area (Å²) in [4.78, 5) is 12.4. The van der Waals surface area contributed by atoms with Crippen molar-refractivity contribution in [2.24, 2.45) is 0 Å². The van der Waals surface area contributed by atoms with Gasteiger partial charge in [0.1, 0.15) is 11.3 Å². The van der Waals surface area contributed by atoms with Gasteiger partial charge in [0.05, 0.1) is 12.9 Å². The number of esters is 1. The molecule has 0 radical (unpaired) electrons. The number of carbonyl (C=O) groups excluding carboxylic acids is 1. The largest absolute Gasteiger partial charge is 0.501 e. The number of fused-ring (bicyclic) bond motifs is 1. The molecule has 2 aliphatic rings. The van der Waals surface area contributed by atoms with Crippen LogP contribution in [0.2, 0.25) is 0 Å². The van der Waals surface area contributed by atoms with Gasteiger partial charge in [0.15, 0.2) is 0 Å². The summed E-state index contributed by atoms with van der Waals surface area (Å²) in [6, 6.07) is 9.16. The maximum atomic E-state index is 12.4. The third kappa shape index (κ3) is 1.78. The van der Waals surface area contributed by atoms with Gasteiger partial charge in [0.2, 0.25) is 0 Å². The topological polar surface area (TPSA) is 47.6 Å². The van der Waals surface area contributed by atoms with Crippen LogP contribution in [0.25, 0.3) is 0 Å². The van der Waals surface area contributed by atoms with Crippen molar-refractivity contribution in [3.8, 4) is 5.75 Å². The van der Waals surface area contributed by atoms with E-state index in [1.54, 1.807) is 18.4 Å². The third-order valence-corrected chi connectivity index (χ3v) is 3.49. The molecule has 2 aliphatic heterocycles. The third-order valence-electron chi connectivity index (χ3n) is 3.49. The molecule has 94 valence electrons. The Labute approximate surface area is 106 Å². The van der Waals surface area contributed by atoms with E-state index in [9.17, 15) is 4.79 Å². The first kappa shape index (κ1) is 11.3. The van der Waals surface area contributed by atoms with Crippen LogP contribution in [0.15, 0.2) is 42.2 Å². The molecule has 4 heteroatoms. The van der Waals surface area contributed by atoms with E-state index >= 15 is 0 Å². The molecule has 1 saturated heterocycles. The molecule has 0 amide bonds. The summed E-state index contributed by atoms with van der Waals surface area (Å²) in [5.41, 5.74) is 0.323. The fraction of sp³-hybridized carbons (Fsp3) is 0.357. The van der Waals surface area contributed by atoms with Crippen LogP contribution >= 0.6 is 0 Å². The Morgan fingerprint density at radius 3 is 3.00 bits per heavy atom. The minimum Gasteiger partial charge on any atom is -0.501 e. The number of hydrogen-bond donors (Lipinski definition) is 1. The highest BCUT2D eigenvalue weighted by molar-refractivity contribution is 5.87. The molecular weight excluding hydrogens is 230 g/mol. The second-order valence-corrected chi connectivity index (χ2v) is 4.55. The minimum absolute atomic E-state index is 0.235. The lowest BCUT2D eigenvalue weighted by molar-refractivity contribution is -0.141. The highest BCUT2D eigenvalue weighted by atomic mass is 16.5. The van der Waals surface area contributed by atoms with Crippen molar-refractivity contribution in [3.05, 3.63) is 42.2 Å². The zero-order valence-electron chi connectivity index (χ0n) is 10.0. The van der Waals surface area contributed by atoms with Crippen LogP contribution in [0.1, 0.15) is 12.8 Å². The number of ether oxygens (including phenoxy) is 2. The van der Waals surface area contributed by atoms with Crippen LogP contribution in [-0.4, -0.2) is 24.7 Å². The first-order chi connectivity index (χ1) is 8.81. The number of para-hydroxylation sites is 1. The second kappa shape index (κ2) is 4.46. The maximum absolute atomic E-state index is 12.4. The number of nitrogens with one attached hydrogen (secondary N) is 1. The average Bonchev–Trinajstić information content (AvgIpc) is 2.85. The van der Waals surface area contributed by atoms with E-state index in [4.69, 9.17) is 9.47 Å². The molecule has 1 aromatic carbocycles. The van der Waals surface area contributed by atoms with Crippen molar-refractivity contribution >= 4 is 5.97 Å². The van der Waals surface area contributed by atoms with Crippen LogP contribution in [0.4, 0.5) is 0 Å². The molecule has 2 heterocycles. The number of hydrogen-bond acceptors (Lipinski definition) is 4. The molecular formula is C14H15NO3. The first-order valence-electron chi connectivity index (χ1n) is 6.15. The Morgan fingerprint density at radius 1 is 1.33 bits per heavy atom. The maximum Gasteiger partial charge on any atom is 0.336 e. The molecule has 4 nitrogen and oxygen atoms in total. The van der Waals surface area contributed by atoms with Crippen LogP contribution in [0.3, 0.4) is 0 Å². The normalized spacial score (nSPS) is 25.9. The molecule has 0 aromatic heterocycles. The van der Waals surface area contributed by atoms with Gasteiger partial charge in [-0.3, -0.25) is 5.32 Å². The van der Waals surface area contributed by atoms with Crippen molar-refractivity contribution in [1.29, 1.82) is 0 Å². The van der Waals surface area contributed by atoms with Crippen LogP contribution < -0.4 is 10.1 Å². The Kier molecular flexibility index (Phi) is 2.80. The average molecular weight is 245 g/mol. The van der Waals surface area contributed by atoms with Gasteiger partial charge in [-0.15, -0.1) is 0 Å². The van der Waals surface area contributed by atoms with Crippen LogP contribution in [-0.2, 0) is 9.53 Å². The first-order valence-corrected chi connectivity index (χ1v) is 6.15. The molecule has 1 N–H and O–H groups in total. The summed E-state index contributed by atoms with van der Waals surface area (Å²) >= 11 is 0. The second-order valence-electron chi connectivity index (χ2n) is 4.55. The molecule has 1 fully saturated rings. The zero-order valence-corrected chi connectivity index (χ0v) is 10.0. The lowest BCUT2D eigenvalue weighted by atomic mass is 9.88. The van der Waals surface area contributed by atoms with Crippen molar-refractivity contribution in [2.75, 3.05) is 13.2 Å². The highest BCUT2D eigenvalue weighted by Crippen LogP contribution is 2.34. The van der Waals surface area contributed by atoms with Crippen molar-refractivity contribution in [1.82, 2.24) is 5.32 Å². The summed E-state index contributed by atoms with van der Waals surface area (Å²) in [7, 11) is 0. The summed E-state index contributed by atoms with van der Waals surface area (Å²) in [6.07, 6.45) is 3.17. The van der Waals surface area contributed by atoms with Gasteiger partial charge >= 0.3 is 5.97 Å². The molecule has 0 spiro atoms. The van der Waals surface area contributed by atoms with Crippen LogP contribution in [0, 0.1) is 0 Å². The van der Waals surface area contributed by atoms with Crippen molar-refractivity contribution in [2.45, 2.75) is 18.4 Å². The Hall–Kier alpha value is -1.81. The van der Waals surface area contributed by atoms with Gasteiger partial charge in [-0.05, 0) is 24.1 Å². The minimum atomic E-state index is -0.673. The van der Waals surface area contributed by atoms with E-state index in [0.717, 1.165) is 18.5 Å². The predicted octanol–water partition coefficient (Wildman–Crippen LogP) is 1.63. The standard InChI is InChI=1S/C14H15NO3/c16-13(18-12-4-2-1-3-5-12)14-7-9-17-10-11(14)6-8-15-14/h1-5,10,15H,6-9H2. The molecule has 3 rings (SSSR count). The lowest BCUT2D eigenvalue weighted by Gasteiger charge is -2.31. The van der Waals surface area contributed by atoms with Crippen molar-refractivity contribution < 1.29 is 14.3 Å². The van der Waals surface area contributed by atoms with E-state index in [1.165, 1.54) is 0 Å². The Morgan fingerprint density at radius 2 is 2.17 bits per heavy atom. The summed E-state index contributed by atoms with van der Waals surface area (Å²) < 4.78 is 10.8. The Balaban J connectivity index is 1.83. The van der Waals surface area contributed by atoms with Gasteiger partial charge < -0.3 is 9.47 Å². The lowest BCUT2D eigenvalue weighted by Crippen LogP contribution is -2.53. The number of rotatable bonds is 2. The van der Waals surface area contributed by atoms with E-state index in [1.807, 2.05) is 18.2 Å². The van der Waals surface area contributed by atoms with E-state index in [-0.39, 0.29) is 5.97 Å². The monoisotopic (exact) mass is 245 g/mol. The van der Waals surface area contributed by atoms with Crippen LogP contribution in [0.5, 0.6) is 5.75 Å². The quantitative estimate of drug-likeness (QED) is 0.635. The molecule has 1 aromatic rings. The smallest absolute Gasteiger partial charge is 0.336 e. The SMILES string of the molecule is O=C(Oc1ccccc1)C12CCOC=C1CCN2. The van der Waals surface area contributed by atoms with Gasteiger partial charge in [-0.2, -0.15) is 0 Å². The fourth-order valence-corrected chi connectivity index (χ4v) is 2.51. The highest BCUT2D eigenvalue weighted by Gasteiger charge is 2.48. The number of benzene rings is 1. The predicted molar refractivity (Wildman–Crippen MR) is 66.1 cm³/mol. The van der Waals surface area contributed by atoms with Gasteiger partial charge in [-0.25, -0.2) is 4.79 Å². The number of carbonyl (C=O) groups is 1. The summed E-state index contributed by atoms with van der Waals surface area (Å²) in [5.74, 6) is 0.345. The Bertz CT molecular complexity index is 483. The van der Waals surface area contributed by atoms with E-state index in [0.29, 0.717) is 18.8 Å². The summed E-state index contributed by atoms with van der Waals surface area (Å²) in [5, 5.41) is 3.27. The molecule has 0 aliphatic carbocycles. The van der Waals surface area contributed by atoms with Gasteiger partial charge in [0.25, 0.3) is 0 Å².